The molecule has 7 nitrogen and oxygen atoms in total. The standard InChI is InChI=1S/C30H31N3O4S/c1-4-37-28(36)31-25(34)24-29(2,3)38-27-23(26(35)33(24)27)32-30(20-14-8-5-9-15-20,21-16-10-6-11-17-21)22-18-12-7-13-19-22/h5-19,23-24,27,32H,4H2,1-3H3,(H,31,34,36). The second-order valence-corrected chi connectivity index (χ2v) is 11.7. The van der Waals surface area contributed by atoms with Crippen molar-refractivity contribution in [2.45, 2.75) is 48.5 Å². The van der Waals surface area contributed by atoms with Gasteiger partial charge in [0.2, 0.25) is 5.91 Å². The van der Waals surface area contributed by atoms with Crippen molar-refractivity contribution in [2.24, 2.45) is 0 Å². The topological polar surface area (TPSA) is 87.7 Å². The number of fused-ring (bicyclic) bond motifs is 1. The Bertz CT molecular complexity index is 1220. The third-order valence-electron chi connectivity index (χ3n) is 7.18. The Hall–Kier alpha value is -3.62. The van der Waals surface area contributed by atoms with E-state index >= 15 is 0 Å². The van der Waals surface area contributed by atoms with Crippen LogP contribution in [0.5, 0.6) is 0 Å². The van der Waals surface area contributed by atoms with E-state index in [-0.39, 0.29) is 17.9 Å². The van der Waals surface area contributed by atoms with Gasteiger partial charge in [0.1, 0.15) is 17.5 Å². The smallest absolute Gasteiger partial charge is 0.413 e. The van der Waals surface area contributed by atoms with Gasteiger partial charge in [-0.15, -0.1) is 11.8 Å². The summed E-state index contributed by atoms with van der Waals surface area (Å²) in [7, 11) is 0. The first-order chi connectivity index (χ1) is 18.3. The van der Waals surface area contributed by atoms with Crippen molar-refractivity contribution in [1.29, 1.82) is 0 Å². The van der Waals surface area contributed by atoms with Crippen LogP contribution in [0.2, 0.25) is 0 Å². The van der Waals surface area contributed by atoms with Gasteiger partial charge in [-0.25, -0.2) is 4.79 Å². The molecule has 196 valence electrons. The molecule has 0 spiro atoms. The number of amides is 3. The molecular formula is C30H31N3O4S. The Labute approximate surface area is 226 Å². The first-order valence-corrected chi connectivity index (χ1v) is 13.6. The number of β-lactam (4-membered cyclic amide) rings is 1. The van der Waals surface area contributed by atoms with E-state index in [1.165, 1.54) is 0 Å². The van der Waals surface area contributed by atoms with Gasteiger partial charge in [0.05, 0.1) is 12.1 Å². The molecule has 0 saturated carbocycles. The minimum absolute atomic E-state index is 0.153. The van der Waals surface area contributed by atoms with Crippen molar-refractivity contribution < 1.29 is 19.1 Å². The molecule has 2 aliphatic rings. The Kier molecular flexibility index (Phi) is 7.03. The highest BCUT2D eigenvalue weighted by Gasteiger charge is 2.65. The number of nitrogens with zero attached hydrogens (tertiary/aromatic N) is 1. The number of imide groups is 1. The van der Waals surface area contributed by atoms with Crippen LogP contribution in [0.3, 0.4) is 0 Å². The minimum Gasteiger partial charge on any atom is -0.450 e. The Morgan fingerprint density at radius 3 is 1.82 bits per heavy atom. The van der Waals surface area contributed by atoms with E-state index in [2.05, 4.69) is 47.0 Å². The quantitative estimate of drug-likeness (QED) is 0.351. The molecule has 0 bridgehead atoms. The van der Waals surface area contributed by atoms with E-state index in [0.29, 0.717) is 0 Å². The Morgan fingerprint density at radius 1 is 0.895 bits per heavy atom. The maximum atomic E-state index is 13.8. The van der Waals surface area contributed by atoms with Crippen molar-refractivity contribution in [1.82, 2.24) is 15.5 Å². The maximum absolute atomic E-state index is 13.8. The largest absolute Gasteiger partial charge is 0.450 e. The molecule has 0 aromatic heterocycles. The fourth-order valence-electron chi connectivity index (χ4n) is 5.55. The van der Waals surface area contributed by atoms with Gasteiger partial charge >= 0.3 is 6.09 Å². The fraction of sp³-hybridized carbons (Fsp3) is 0.300. The second-order valence-electron chi connectivity index (χ2n) is 9.94. The summed E-state index contributed by atoms with van der Waals surface area (Å²) < 4.78 is 4.28. The van der Waals surface area contributed by atoms with Crippen molar-refractivity contribution in [3.63, 3.8) is 0 Å². The first kappa shape index (κ1) is 26.0. The zero-order valence-electron chi connectivity index (χ0n) is 21.6. The molecule has 2 aliphatic heterocycles. The highest BCUT2D eigenvalue weighted by atomic mass is 32.2. The van der Waals surface area contributed by atoms with Gasteiger partial charge in [-0.05, 0) is 37.5 Å². The lowest BCUT2D eigenvalue weighted by Gasteiger charge is -2.49. The molecule has 0 radical (unpaired) electrons. The highest BCUT2D eigenvalue weighted by Crippen LogP contribution is 2.52. The van der Waals surface area contributed by atoms with Crippen molar-refractivity contribution in [3.8, 4) is 0 Å². The number of carbonyl (C=O) groups is 3. The van der Waals surface area contributed by atoms with Gasteiger partial charge < -0.3 is 9.64 Å². The van der Waals surface area contributed by atoms with E-state index < -0.39 is 34.4 Å². The molecule has 38 heavy (non-hydrogen) atoms. The molecule has 2 fully saturated rings. The lowest BCUT2D eigenvalue weighted by Crippen LogP contribution is -2.73. The summed E-state index contributed by atoms with van der Waals surface area (Å²) in [6.45, 7) is 5.67. The molecule has 3 unspecified atom stereocenters. The number of hydrogen-bond donors (Lipinski definition) is 2. The van der Waals surface area contributed by atoms with E-state index in [1.54, 1.807) is 23.6 Å². The normalized spacial score (nSPS) is 21.8. The van der Waals surface area contributed by atoms with Gasteiger partial charge in [-0.2, -0.15) is 0 Å². The summed E-state index contributed by atoms with van der Waals surface area (Å²) in [4.78, 5) is 40.4. The third kappa shape index (κ3) is 4.37. The molecule has 2 N–H and O–H groups in total. The summed E-state index contributed by atoms with van der Waals surface area (Å²) >= 11 is 1.56. The van der Waals surface area contributed by atoms with Gasteiger partial charge in [-0.1, -0.05) is 91.0 Å². The van der Waals surface area contributed by atoms with Gasteiger partial charge in [0.25, 0.3) is 5.91 Å². The highest BCUT2D eigenvalue weighted by molar-refractivity contribution is 8.01. The zero-order valence-corrected chi connectivity index (χ0v) is 22.4. The molecule has 3 aromatic rings. The van der Waals surface area contributed by atoms with Gasteiger partial charge in [0, 0.05) is 4.75 Å². The number of benzene rings is 3. The van der Waals surface area contributed by atoms with Gasteiger partial charge in [-0.3, -0.25) is 20.2 Å². The van der Waals surface area contributed by atoms with E-state index in [0.717, 1.165) is 16.7 Å². The fourth-order valence-corrected chi connectivity index (χ4v) is 7.19. The SMILES string of the molecule is CCOC(=O)NC(=O)C1N2C(=O)C(NC(c3ccccc3)(c3ccccc3)c3ccccc3)C2SC1(C)C. The lowest BCUT2D eigenvalue weighted by molar-refractivity contribution is -0.154. The number of carbonyl (C=O) groups excluding carboxylic acids is 3. The van der Waals surface area contributed by atoms with Crippen LogP contribution in [0.1, 0.15) is 37.5 Å². The van der Waals surface area contributed by atoms with Crippen LogP contribution in [-0.2, 0) is 19.9 Å². The third-order valence-corrected chi connectivity index (χ3v) is 8.75. The van der Waals surface area contributed by atoms with Crippen molar-refractivity contribution in [3.05, 3.63) is 108 Å². The zero-order chi connectivity index (χ0) is 26.9. The number of thioether (sulfide) groups is 1. The molecule has 5 rings (SSSR count). The van der Waals surface area contributed by atoms with Crippen LogP contribution < -0.4 is 10.6 Å². The summed E-state index contributed by atoms with van der Waals surface area (Å²) in [6, 6.07) is 28.9. The average Bonchev–Trinajstić information content (AvgIpc) is 3.18. The number of rotatable bonds is 7. The van der Waals surface area contributed by atoms with Crippen LogP contribution in [0.25, 0.3) is 0 Å². The van der Waals surface area contributed by atoms with Gasteiger partial charge in [0.15, 0.2) is 0 Å². The summed E-state index contributed by atoms with van der Waals surface area (Å²) in [5.74, 6) is -0.708. The van der Waals surface area contributed by atoms with E-state index in [4.69, 9.17) is 4.74 Å². The predicted octanol–water partition coefficient (Wildman–Crippen LogP) is 4.27. The molecule has 3 amide bonds. The first-order valence-electron chi connectivity index (χ1n) is 12.7. The second kappa shape index (κ2) is 10.3. The van der Waals surface area contributed by atoms with E-state index in [1.807, 2.05) is 68.4 Å². The minimum atomic E-state index is -0.813. The molecular weight excluding hydrogens is 498 g/mol. The van der Waals surface area contributed by atoms with Crippen molar-refractivity contribution in [2.75, 3.05) is 6.61 Å². The number of nitrogens with one attached hydrogen (secondary N) is 2. The maximum Gasteiger partial charge on any atom is 0.413 e. The Balaban J connectivity index is 1.54. The lowest BCUT2D eigenvalue weighted by atomic mass is 9.76. The average molecular weight is 530 g/mol. The van der Waals surface area contributed by atoms with Crippen LogP contribution in [0.4, 0.5) is 4.79 Å². The van der Waals surface area contributed by atoms with Crippen molar-refractivity contribution >= 4 is 29.7 Å². The van der Waals surface area contributed by atoms with Crippen LogP contribution in [0, 0.1) is 0 Å². The summed E-state index contributed by atoms with van der Waals surface area (Å²) in [5.41, 5.74) is 2.19. The molecule has 3 aromatic carbocycles. The Morgan fingerprint density at radius 2 is 1.37 bits per heavy atom. The molecule has 0 aliphatic carbocycles. The van der Waals surface area contributed by atoms with Crippen LogP contribution in [-0.4, -0.2) is 51.6 Å². The number of ether oxygens (including phenoxy) is 1. The molecule has 8 heteroatoms. The van der Waals surface area contributed by atoms with Crippen LogP contribution >= 0.6 is 11.8 Å². The predicted molar refractivity (Wildman–Crippen MR) is 147 cm³/mol. The van der Waals surface area contributed by atoms with Crippen LogP contribution in [0.15, 0.2) is 91.0 Å². The number of hydrogen-bond acceptors (Lipinski definition) is 6. The van der Waals surface area contributed by atoms with E-state index in [9.17, 15) is 14.4 Å². The molecule has 3 atom stereocenters. The molecule has 2 saturated heterocycles. The molecule has 2 heterocycles. The summed E-state index contributed by atoms with van der Waals surface area (Å²) in [6.07, 6.45) is -0.805. The summed E-state index contributed by atoms with van der Waals surface area (Å²) in [5, 5.41) is 5.77. The monoisotopic (exact) mass is 529 g/mol. The number of alkyl carbamates (subject to hydrolysis) is 1.